The SMILES string of the molecule is NCc1cn(CCNC2CC2c2ccccc2)nn1. The smallest absolute Gasteiger partial charge is 0.0962 e. The van der Waals surface area contributed by atoms with Crippen molar-refractivity contribution in [3.8, 4) is 0 Å². The van der Waals surface area contributed by atoms with Crippen molar-refractivity contribution in [3.05, 3.63) is 47.8 Å². The zero-order chi connectivity index (χ0) is 13.1. The van der Waals surface area contributed by atoms with Crippen LogP contribution < -0.4 is 11.1 Å². The summed E-state index contributed by atoms with van der Waals surface area (Å²) in [4.78, 5) is 0. The third kappa shape index (κ3) is 3.00. The van der Waals surface area contributed by atoms with Crippen molar-refractivity contribution in [2.45, 2.75) is 31.5 Å². The number of hydrogen-bond acceptors (Lipinski definition) is 4. The maximum Gasteiger partial charge on any atom is 0.0962 e. The molecule has 0 aliphatic heterocycles. The minimum Gasteiger partial charge on any atom is -0.325 e. The summed E-state index contributed by atoms with van der Waals surface area (Å²) in [6, 6.07) is 11.3. The summed E-state index contributed by atoms with van der Waals surface area (Å²) >= 11 is 0. The Hall–Kier alpha value is -1.72. The van der Waals surface area contributed by atoms with E-state index in [0.717, 1.165) is 18.8 Å². The lowest BCUT2D eigenvalue weighted by atomic mass is 10.1. The molecule has 1 fully saturated rings. The molecule has 1 aliphatic rings. The topological polar surface area (TPSA) is 68.8 Å². The van der Waals surface area contributed by atoms with E-state index < -0.39 is 0 Å². The van der Waals surface area contributed by atoms with Crippen LogP contribution in [0, 0.1) is 0 Å². The number of nitrogens with two attached hydrogens (primary N) is 1. The van der Waals surface area contributed by atoms with Gasteiger partial charge in [0.25, 0.3) is 0 Å². The van der Waals surface area contributed by atoms with Gasteiger partial charge in [-0.05, 0) is 12.0 Å². The van der Waals surface area contributed by atoms with Crippen LogP contribution in [0.3, 0.4) is 0 Å². The molecule has 0 saturated heterocycles. The Bertz CT molecular complexity index is 522. The molecule has 0 radical (unpaired) electrons. The van der Waals surface area contributed by atoms with Crippen molar-refractivity contribution in [1.82, 2.24) is 20.3 Å². The second-order valence-electron chi connectivity index (χ2n) is 4.99. The van der Waals surface area contributed by atoms with E-state index >= 15 is 0 Å². The van der Waals surface area contributed by atoms with E-state index in [1.165, 1.54) is 12.0 Å². The van der Waals surface area contributed by atoms with Crippen molar-refractivity contribution in [2.24, 2.45) is 5.73 Å². The van der Waals surface area contributed by atoms with Gasteiger partial charge in [0.15, 0.2) is 0 Å². The molecule has 1 aromatic carbocycles. The van der Waals surface area contributed by atoms with Crippen LogP contribution >= 0.6 is 0 Å². The first-order valence-electron chi connectivity index (χ1n) is 6.74. The first kappa shape index (κ1) is 12.3. The zero-order valence-corrected chi connectivity index (χ0v) is 10.9. The Kier molecular flexibility index (Phi) is 3.57. The van der Waals surface area contributed by atoms with Gasteiger partial charge in [-0.15, -0.1) is 5.10 Å². The van der Waals surface area contributed by atoms with Gasteiger partial charge in [-0.1, -0.05) is 35.5 Å². The van der Waals surface area contributed by atoms with Gasteiger partial charge >= 0.3 is 0 Å². The molecule has 19 heavy (non-hydrogen) atoms. The summed E-state index contributed by atoms with van der Waals surface area (Å²) in [5.41, 5.74) is 7.78. The summed E-state index contributed by atoms with van der Waals surface area (Å²) in [5.74, 6) is 0.677. The van der Waals surface area contributed by atoms with Crippen molar-refractivity contribution in [2.75, 3.05) is 6.54 Å². The third-order valence-corrected chi connectivity index (χ3v) is 3.56. The Balaban J connectivity index is 1.42. The fraction of sp³-hybridized carbons (Fsp3) is 0.429. The Morgan fingerprint density at radius 2 is 2.16 bits per heavy atom. The molecule has 2 unspecified atom stereocenters. The summed E-state index contributed by atoms with van der Waals surface area (Å²) < 4.78 is 1.84. The van der Waals surface area contributed by atoms with Crippen LogP contribution in [0.2, 0.25) is 0 Å². The first-order chi connectivity index (χ1) is 9.36. The molecule has 1 aromatic heterocycles. The molecule has 2 atom stereocenters. The predicted molar refractivity (Wildman–Crippen MR) is 73.5 cm³/mol. The first-order valence-corrected chi connectivity index (χ1v) is 6.74. The van der Waals surface area contributed by atoms with Crippen LogP contribution in [-0.4, -0.2) is 27.6 Å². The quantitative estimate of drug-likeness (QED) is 0.806. The molecule has 5 heteroatoms. The van der Waals surface area contributed by atoms with Gasteiger partial charge in [0.1, 0.15) is 0 Å². The average Bonchev–Trinajstić information content (AvgIpc) is 3.08. The molecule has 1 saturated carbocycles. The Labute approximate surface area is 112 Å². The lowest BCUT2D eigenvalue weighted by Crippen LogP contribution is -2.23. The van der Waals surface area contributed by atoms with Gasteiger partial charge in [-0.2, -0.15) is 0 Å². The van der Waals surface area contributed by atoms with Gasteiger partial charge < -0.3 is 11.1 Å². The minimum atomic E-state index is 0.451. The molecule has 3 N–H and O–H groups in total. The van der Waals surface area contributed by atoms with Gasteiger partial charge in [-0.25, -0.2) is 0 Å². The second kappa shape index (κ2) is 5.50. The largest absolute Gasteiger partial charge is 0.325 e. The van der Waals surface area contributed by atoms with Gasteiger partial charge in [-0.3, -0.25) is 4.68 Å². The average molecular weight is 257 g/mol. The molecule has 0 spiro atoms. The Morgan fingerprint density at radius 1 is 1.32 bits per heavy atom. The maximum atomic E-state index is 5.50. The number of nitrogens with zero attached hydrogens (tertiary/aromatic N) is 3. The van der Waals surface area contributed by atoms with Gasteiger partial charge in [0.2, 0.25) is 0 Å². The fourth-order valence-corrected chi connectivity index (χ4v) is 2.40. The second-order valence-corrected chi connectivity index (χ2v) is 4.99. The van der Waals surface area contributed by atoms with E-state index in [1.807, 2.05) is 10.9 Å². The lowest BCUT2D eigenvalue weighted by molar-refractivity contribution is 0.535. The van der Waals surface area contributed by atoms with Crippen molar-refractivity contribution < 1.29 is 0 Å². The highest BCUT2D eigenvalue weighted by Gasteiger charge is 2.37. The summed E-state index contributed by atoms with van der Waals surface area (Å²) in [5, 5.41) is 11.6. The van der Waals surface area contributed by atoms with E-state index in [2.05, 4.69) is 46.0 Å². The van der Waals surface area contributed by atoms with Crippen molar-refractivity contribution in [3.63, 3.8) is 0 Å². The fourth-order valence-electron chi connectivity index (χ4n) is 2.40. The molecular weight excluding hydrogens is 238 g/mol. The monoisotopic (exact) mass is 257 g/mol. The minimum absolute atomic E-state index is 0.451. The molecule has 0 amide bonds. The van der Waals surface area contributed by atoms with Crippen LogP contribution in [0.1, 0.15) is 23.6 Å². The number of nitrogens with one attached hydrogen (secondary N) is 1. The normalized spacial score (nSPS) is 21.5. The molecule has 1 heterocycles. The highest BCUT2D eigenvalue weighted by molar-refractivity contribution is 5.27. The zero-order valence-electron chi connectivity index (χ0n) is 10.9. The number of aromatic nitrogens is 3. The summed E-state index contributed by atoms with van der Waals surface area (Å²) in [6.07, 6.45) is 3.14. The lowest BCUT2D eigenvalue weighted by Gasteiger charge is -2.04. The Morgan fingerprint density at radius 3 is 2.89 bits per heavy atom. The van der Waals surface area contributed by atoms with E-state index in [4.69, 9.17) is 5.73 Å². The summed E-state index contributed by atoms with van der Waals surface area (Å²) in [7, 11) is 0. The molecule has 0 bridgehead atoms. The van der Waals surface area contributed by atoms with Crippen molar-refractivity contribution in [1.29, 1.82) is 0 Å². The number of hydrogen-bond donors (Lipinski definition) is 2. The van der Waals surface area contributed by atoms with Gasteiger partial charge in [0.05, 0.1) is 12.2 Å². The van der Waals surface area contributed by atoms with E-state index in [0.29, 0.717) is 18.5 Å². The molecule has 1 aliphatic carbocycles. The van der Waals surface area contributed by atoms with Crippen LogP contribution in [0.5, 0.6) is 0 Å². The van der Waals surface area contributed by atoms with Crippen LogP contribution in [0.15, 0.2) is 36.5 Å². The predicted octanol–water partition coefficient (Wildman–Crippen LogP) is 0.882. The van der Waals surface area contributed by atoms with Crippen LogP contribution in [-0.2, 0) is 13.1 Å². The van der Waals surface area contributed by atoms with Crippen LogP contribution in [0.25, 0.3) is 0 Å². The van der Waals surface area contributed by atoms with E-state index in [1.54, 1.807) is 0 Å². The van der Waals surface area contributed by atoms with E-state index in [9.17, 15) is 0 Å². The standard InChI is InChI=1S/C14H19N5/c15-9-12-10-19(18-17-12)7-6-16-14-8-13(14)11-4-2-1-3-5-11/h1-5,10,13-14,16H,6-9,15H2. The maximum absolute atomic E-state index is 5.50. The van der Waals surface area contributed by atoms with Gasteiger partial charge in [0, 0.05) is 31.2 Å². The molecule has 100 valence electrons. The molecule has 3 rings (SSSR count). The molecule has 2 aromatic rings. The highest BCUT2D eigenvalue weighted by atomic mass is 15.4. The third-order valence-electron chi connectivity index (χ3n) is 3.56. The van der Waals surface area contributed by atoms with Crippen molar-refractivity contribution >= 4 is 0 Å². The highest BCUT2D eigenvalue weighted by Crippen LogP contribution is 2.40. The molecule has 5 nitrogen and oxygen atoms in total. The number of benzene rings is 1. The van der Waals surface area contributed by atoms with Crippen LogP contribution in [0.4, 0.5) is 0 Å². The number of rotatable bonds is 6. The van der Waals surface area contributed by atoms with E-state index in [-0.39, 0.29) is 0 Å². The summed E-state index contributed by atoms with van der Waals surface area (Å²) in [6.45, 7) is 2.21. The molecular formula is C14H19N5.